The summed E-state index contributed by atoms with van der Waals surface area (Å²) in [5.41, 5.74) is 2.54. The van der Waals surface area contributed by atoms with Crippen LogP contribution in [-0.4, -0.2) is 22.4 Å². The summed E-state index contributed by atoms with van der Waals surface area (Å²) < 4.78 is 0. The molecule has 0 unspecified atom stereocenters. The molecule has 0 saturated carbocycles. The van der Waals surface area contributed by atoms with Crippen molar-refractivity contribution in [3.8, 4) is 0 Å². The van der Waals surface area contributed by atoms with E-state index in [0.717, 1.165) is 18.4 Å². The summed E-state index contributed by atoms with van der Waals surface area (Å²) in [4.78, 5) is 25.5. The first-order valence-electron chi connectivity index (χ1n) is 7.73. The third-order valence-corrected chi connectivity index (χ3v) is 3.90. The van der Waals surface area contributed by atoms with Gasteiger partial charge in [-0.05, 0) is 30.5 Å². The highest BCUT2D eigenvalue weighted by Crippen LogP contribution is 2.18. The summed E-state index contributed by atoms with van der Waals surface area (Å²) in [6, 6.07) is 13.8. The van der Waals surface area contributed by atoms with Crippen molar-refractivity contribution in [1.29, 1.82) is 0 Å². The number of non-ortho nitro benzene ring substituents is 1. The fourth-order valence-corrected chi connectivity index (χ4v) is 2.68. The van der Waals surface area contributed by atoms with Gasteiger partial charge in [-0.15, -0.1) is 0 Å². The highest BCUT2D eigenvalue weighted by atomic mass is 16.6. The molecule has 2 N–H and O–H groups in total. The number of aromatic nitrogens is 1. The summed E-state index contributed by atoms with van der Waals surface area (Å²) in [6.45, 7) is 0.515. The average molecular weight is 323 g/mol. The van der Waals surface area contributed by atoms with E-state index < -0.39 is 4.92 Å². The Balaban J connectivity index is 1.54. The first kappa shape index (κ1) is 15.7. The Kier molecular flexibility index (Phi) is 4.56. The second-order valence-corrected chi connectivity index (χ2v) is 5.53. The van der Waals surface area contributed by atoms with Crippen molar-refractivity contribution in [2.45, 2.75) is 12.8 Å². The van der Waals surface area contributed by atoms with Crippen molar-refractivity contribution in [2.24, 2.45) is 0 Å². The van der Waals surface area contributed by atoms with E-state index in [1.807, 2.05) is 24.4 Å². The Bertz CT molecular complexity index is 886. The molecule has 6 heteroatoms. The van der Waals surface area contributed by atoms with Gasteiger partial charge in [0.05, 0.1) is 4.92 Å². The Hall–Kier alpha value is -3.15. The molecule has 1 aromatic heterocycles. The van der Waals surface area contributed by atoms with Crippen LogP contribution in [0.1, 0.15) is 22.3 Å². The number of carbonyl (C=O) groups excluding carboxylic acids is 1. The number of benzene rings is 2. The van der Waals surface area contributed by atoms with Crippen LogP contribution in [0, 0.1) is 10.1 Å². The molecule has 3 rings (SSSR count). The number of nitro benzene ring substituents is 1. The van der Waals surface area contributed by atoms with Crippen LogP contribution in [-0.2, 0) is 6.42 Å². The number of fused-ring (bicyclic) bond motifs is 1. The molecule has 0 atom stereocenters. The fraction of sp³-hybridized carbons (Fsp3) is 0.167. The lowest BCUT2D eigenvalue weighted by Crippen LogP contribution is -2.24. The monoisotopic (exact) mass is 323 g/mol. The number of aromatic amines is 1. The average Bonchev–Trinajstić information content (AvgIpc) is 3.02. The Morgan fingerprint density at radius 1 is 1.17 bits per heavy atom. The van der Waals surface area contributed by atoms with Crippen LogP contribution < -0.4 is 5.32 Å². The van der Waals surface area contributed by atoms with Gasteiger partial charge in [0.25, 0.3) is 11.6 Å². The van der Waals surface area contributed by atoms with Crippen LogP contribution >= 0.6 is 0 Å². The van der Waals surface area contributed by atoms with Crippen LogP contribution in [0.4, 0.5) is 5.69 Å². The maximum atomic E-state index is 12.1. The maximum Gasteiger partial charge on any atom is 0.270 e. The van der Waals surface area contributed by atoms with E-state index in [4.69, 9.17) is 0 Å². The van der Waals surface area contributed by atoms with E-state index in [2.05, 4.69) is 16.4 Å². The molecule has 0 spiro atoms. The molecule has 1 amide bonds. The van der Waals surface area contributed by atoms with Gasteiger partial charge in [-0.3, -0.25) is 14.9 Å². The molecule has 1 heterocycles. The summed E-state index contributed by atoms with van der Waals surface area (Å²) in [7, 11) is 0. The summed E-state index contributed by atoms with van der Waals surface area (Å²) in [5.74, 6) is -0.294. The molecule has 2 aromatic carbocycles. The molecule has 122 valence electrons. The predicted molar refractivity (Wildman–Crippen MR) is 92.0 cm³/mol. The quantitative estimate of drug-likeness (QED) is 0.414. The number of hydrogen-bond donors (Lipinski definition) is 2. The molecule has 3 aromatic rings. The van der Waals surface area contributed by atoms with Crippen molar-refractivity contribution >= 4 is 22.5 Å². The highest BCUT2D eigenvalue weighted by molar-refractivity contribution is 5.94. The minimum Gasteiger partial charge on any atom is -0.361 e. The van der Waals surface area contributed by atoms with Crippen molar-refractivity contribution in [2.75, 3.05) is 6.54 Å². The van der Waals surface area contributed by atoms with Gasteiger partial charge in [0.2, 0.25) is 0 Å². The molecular weight excluding hydrogens is 306 g/mol. The van der Waals surface area contributed by atoms with Gasteiger partial charge in [-0.2, -0.15) is 0 Å². The van der Waals surface area contributed by atoms with Crippen LogP contribution in [0.5, 0.6) is 0 Å². The van der Waals surface area contributed by atoms with E-state index in [-0.39, 0.29) is 11.6 Å². The molecule has 0 aliphatic rings. The minimum atomic E-state index is -0.506. The number of rotatable bonds is 6. The van der Waals surface area contributed by atoms with Crippen molar-refractivity contribution < 1.29 is 9.72 Å². The lowest BCUT2D eigenvalue weighted by molar-refractivity contribution is -0.384. The zero-order chi connectivity index (χ0) is 16.9. The normalized spacial score (nSPS) is 10.7. The Morgan fingerprint density at radius 3 is 2.83 bits per heavy atom. The second-order valence-electron chi connectivity index (χ2n) is 5.53. The minimum absolute atomic E-state index is 0.0820. The summed E-state index contributed by atoms with van der Waals surface area (Å²) in [6.07, 6.45) is 3.63. The van der Waals surface area contributed by atoms with Crippen LogP contribution in [0.15, 0.2) is 54.7 Å². The summed E-state index contributed by atoms with van der Waals surface area (Å²) >= 11 is 0. The Morgan fingerprint density at radius 2 is 2.00 bits per heavy atom. The van der Waals surface area contributed by atoms with E-state index in [9.17, 15) is 14.9 Å². The number of H-pyrrole nitrogens is 1. The third-order valence-electron chi connectivity index (χ3n) is 3.90. The molecule has 0 bridgehead atoms. The Labute approximate surface area is 138 Å². The van der Waals surface area contributed by atoms with Crippen molar-refractivity contribution in [3.05, 3.63) is 76.0 Å². The molecule has 0 aliphatic heterocycles. The van der Waals surface area contributed by atoms with Gasteiger partial charge >= 0.3 is 0 Å². The first-order chi connectivity index (χ1) is 11.6. The SMILES string of the molecule is O=C(NCCCc1c[nH]c2ccccc12)c1cccc([N+](=O)[O-])c1. The van der Waals surface area contributed by atoms with E-state index in [1.54, 1.807) is 6.07 Å². The van der Waals surface area contributed by atoms with Gasteiger partial charge in [0.1, 0.15) is 0 Å². The second kappa shape index (κ2) is 6.95. The molecule has 6 nitrogen and oxygen atoms in total. The number of nitrogens with zero attached hydrogens (tertiary/aromatic N) is 1. The highest BCUT2D eigenvalue weighted by Gasteiger charge is 2.11. The third kappa shape index (κ3) is 3.43. The predicted octanol–water partition coefficient (Wildman–Crippen LogP) is 3.44. The van der Waals surface area contributed by atoms with Gasteiger partial charge in [0, 0.05) is 41.3 Å². The fourth-order valence-electron chi connectivity index (χ4n) is 2.68. The standard InChI is InChI=1S/C18H17N3O3/c22-18(13-5-3-7-15(11-13)21(23)24)19-10-4-6-14-12-20-17-9-2-1-8-16(14)17/h1-3,5,7-9,11-12,20H,4,6,10H2,(H,19,22). The van der Waals surface area contributed by atoms with Gasteiger partial charge in [0.15, 0.2) is 0 Å². The maximum absolute atomic E-state index is 12.1. The molecule has 24 heavy (non-hydrogen) atoms. The van der Waals surface area contributed by atoms with E-state index >= 15 is 0 Å². The lowest BCUT2D eigenvalue weighted by Gasteiger charge is -2.05. The zero-order valence-corrected chi connectivity index (χ0v) is 13.0. The molecule has 0 saturated heterocycles. The van der Waals surface area contributed by atoms with Gasteiger partial charge in [-0.25, -0.2) is 0 Å². The van der Waals surface area contributed by atoms with Crippen LogP contribution in [0.2, 0.25) is 0 Å². The van der Waals surface area contributed by atoms with Crippen LogP contribution in [0.25, 0.3) is 10.9 Å². The largest absolute Gasteiger partial charge is 0.361 e. The number of hydrogen-bond acceptors (Lipinski definition) is 3. The lowest BCUT2D eigenvalue weighted by atomic mass is 10.1. The molecular formula is C18H17N3O3. The molecule has 0 fully saturated rings. The smallest absolute Gasteiger partial charge is 0.270 e. The number of para-hydroxylation sites is 1. The van der Waals surface area contributed by atoms with Gasteiger partial charge in [-0.1, -0.05) is 24.3 Å². The first-order valence-corrected chi connectivity index (χ1v) is 7.73. The topological polar surface area (TPSA) is 88.0 Å². The van der Waals surface area contributed by atoms with E-state index in [1.165, 1.54) is 29.1 Å². The number of amides is 1. The number of carbonyl (C=O) groups is 1. The summed E-state index contributed by atoms with van der Waals surface area (Å²) in [5, 5.41) is 14.7. The van der Waals surface area contributed by atoms with Gasteiger partial charge < -0.3 is 10.3 Å². The number of nitrogens with one attached hydrogen (secondary N) is 2. The number of nitro groups is 1. The zero-order valence-electron chi connectivity index (χ0n) is 13.0. The molecule has 0 radical (unpaired) electrons. The molecule has 0 aliphatic carbocycles. The van der Waals surface area contributed by atoms with Crippen molar-refractivity contribution in [3.63, 3.8) is 0 Å². The van der Waals surface area contributed by atoms with E-state index in [0.29, 0.717) is 12.1 Å². The van der Waals surface area contributed by atoms with Crippen LogP contribution in [0.3, 0.4) is 0 Å². The van der Waals surface area contributed by atoms with Crippen molar-refractivity contribution in [1.82, 2.24) is 10.3 Å². The number of aryl methyl sites for hydroxylation is 1.